The van der Waals surface area contributed by atoms with E-state index in [-0.39, 0.29) is 18.0 Å². The van der Waals surface area contributed by atoms with E-state index in [1.54, 1.807) is 26.6 Å². The molecule has 27 heavy (non-hydrogen) atoms. The largest absolute Gasteiger partial charge is 0.497 e. The summed E-state index contributed by atoms with van der Waals surface area (Å²) in [6, 6.07) is 11.5. The van der Waals surface area contributed by atoms with Crippen LogP contribution in [0, 0.1) is 0 Å². The topological polar surface area (TPSA) is 75.7 Å². The maximum atomic E-state index is 13.1. The van der Waals surface area contributed by atoms with Gasteiger partial charge in [0, 0.05) is 38.6 Å². The lowest BCUT2D eigenvalue weighted by atomic mass is 10.0. The van der Waals surface area contributed by atoms with E-state index >= 15 is 0 Å². The van der Waals surface area contributed by atoms with Crippen LogP contribution in [-0.4, -0.2) is 49.2 Å². The summed E-state index contributed by atoms with van der Waals surface area (Å²) < 4.78 is 10.4. The van der Waals surface area contributed by atoms with Gasteiger partial charge in [0.25, 0.3) is 0 Å². The van der Waals surface area contributed by atoms with Crippen LogP contribution >= 0.6 is 0 Å². The summed E-state index contributed by atoms with van der Waals surface area (Å²) in [5, 5.41) is 0. The molecule has 0 spiro atoms. The second-order valence-electron chi connectivity index (χ2n) is 6.52. The number of ether oxygens (including phenoxy) is 2. The summed E-state index contributed by atoms with van der Waals surface area (Å²) in [5.74, 6) is 0.874. The molecule has 1 fully saturated rings. The van der Waals surface area contributed by atoms with Crippen LogP contribution in [0.5, 0.6) is 5.75 Å². The number of amides is 1. The second kappa shape index (κ2) is 9.45. The van der Waals surface area contributed by atoms with Gasteiger partial charge in [0.1, 0.15) is 11.8 Å². The standard InChI is InChI=1S/C20H26N4O3/c1-26-11-10-24(14-15-4-3-9-21-13-15)20(25)19-12-18(22-23-19)16-5-7-17(27-2)8-6-16/h3-9,13,18-19,22-23H,10-12,14H2,1-2H3. The van der Waals surface area contributed by atoms with Gasteiger partial charge in [-0.25, -0.2) is 10.9 Å². The molecule has 0 aliphatic carbocycles. The number of hydrogen-bond donors (Lipinski definition) is 2. The first kappa shape index (κ1) is 19.3. The normalized spacial score (nSPS) is 19.0. The Kier molecular flexibility index (Phi) is 6.75. The van der Waals surface area contributed by atoms with Crippen molar-refractivity contribution in [2.45, 2.75) is 25.0 Å². The van der Waals surface area contributed by atoms with Crippen molar-refractivity contribution >= 4 is 5.91 Å². The van der Waals surface area contributed by atoms with Gasteiger partial charge in [-0.1, -0.05) is 18.2 Å². The van der Waals surface area contributed by atoms with Gasteiger partial charge < -0.3 is 14.4 Å². The van der Waals surface area contributed by atoms with Gasteiger partial charge in [-0.15, -0.1) is 0 Å². The van der Waals surface area contributed by atoms with Crippen molar-refractivity contribution in [3.05, 3.63) is 59.9 Å². The third kappa shape index (κ3) is 5.03. The fraction of sp³-hybridized carbons (Fsp3) is 0.400. The molecule has 1 aromatic carbocycles. The Morgan fingerprint density at radius 1 is 1.22 bits per heavy atom. The Hall–Kier alpha value is -2.48. The molecule has 0 bridgehead atoms. The molecule has 0 saturated carbocycles. The predicted octanol–water partition coefficient (Wildman–Crippen LogP) is 1.67. The minimum Gasteiger partial charge on any atom is -0.497 e. The highest BCUT2D eigenvalue weighted by atomic mass is 16.5. The summed E-state index contributed by atoms with van der Waals surface area (Å²) in [6.45, 7) is 1.55. The zero-order chi connectivity index (χ0) is 19.1. The van der Waals surface area contributed by atoms with Crippen molar-refractivity contribution in [1.29, 1.82) is 0 Å². The van der Waals surface area contributed by atoms with Gasteiger partial charge in [0.2, 0.25) is 5.91 Å². The van der Waals surface area contributed by atoms with Crippen LogP contribution in [0.3, 0.4) is 0 Å². The van der Waals surface area contributed by atoms with Crippen LogP contribution in [0.1, 0.15) is 23.6 Å². The van der Waals surface area contributed by atoms with Crippen LogP contribution in [0.4, 0.5) is 0 Å². The van der Waals surface area contributed by atoms with E-state index in [4.69, 9.17) is 9.47 Å². The fourth-order valence-corrected chi connectivity index (χ4v) is 3.17. The zero-order valence-electron chi connectivity index (χ0n) is 15.7. The van der Waals surface area contributed by atoms with Crippen molar-refractivity contribution in [1.82, 2.24) is 20.7 Å². The monoisotopic (exact) mass is 370 g/mol. The smallest absolute Gasteiger partial charge is 0.241 e. The molecule has 7 nitrogen and oxygen atoms in total. The second-order valence-corrected chi connectivity index (χ2v) is 6.52. The van der Waals surface area contributed by atoms with E-state index in [9.17, 15) is 4.79 Å². The van der Waals surface area contributed by atoms with E-state index in [0.717, 1.165) is 16.9 Å². The van der Waals surface area contributed by atoms with E-state index in [1.165, 1.54) is 0 Å². The first-order valence-corrected chi connectivity index (χ1v) is 9.03. The lowest BCUT2D eigenvalue weighted by molar-refractivity contribution is -0.134. The molecule has 144 valence electrons. The maximum absolute atomic E-state index is 13.1. The van der Waals surface area contributed by atoms with E-state index in [0.29, 0.717) is 26.1 Å². The molecular formula is C20H26N4O3. The number of aromatic nitrogens is 1. The van der Waals surface area contributed by atoms with Crippen molar-refractivity contribution < 1.29 is 14.3 Å². The molecule has 1 aliphatic heterocycles. The lowest BCUT2D eigenvalue weighted by Crippen LogP contribution is -2.46. The van der Waals surface area contributed by atoms with Crippen molar-refractivity contribution in [3.8, 4) is 5.75 Å². The third-order valence-electron chi connectivity index (χ3n) is 4.69. The molecule has 2 N–H and O–H groups in total. The van der Waals surface area contributed by atoms with Gasteiger partial charge in [0.05, 0.1) is 13.7 Å². The zero-order valence-corrected chi connectivity index (χ0v) is 15.7. The van der Waals surface area contributed by atoms with Gasteiger partial charge >= 0.3 is 0 Å². The number of benzene rings is 1. The number of nitrogens with zero attached hydrogens (tertiary/aromatic N) is 2. The summed E-state index contributed by atoms with van der Waals surface area (Å²) in [5.41, 5.74) is 8.50. The molecule has 2 atom stereocenters. The molecule has 2 unspecified atom stereocenters. The van der Waals surface area contributed by atoms with E-state index in [2.05, 4.69) is 15.8 Å². The lowest BCUT2D eigenvalue weighted by Gasteiger charge is -2.25. The highest BCUT2D eigenvalue weighted by molar-refractivity contribution is 5.82. The minimum atomic E-state index is -0.286. The Balaban J connectivity index is 1.64. The highest BCUT2D eigenvalue weighted by Gasteiger charge is 2.32. The Morgan fingerprint density at radius 2 is 2.04 bits per heavy atom. The van der Waals surface area contributed by atoms with Crippen LogP contribution in [-0.2, 0) is 16.1 Å². The maximum Gasteiger partial charge on any atom is 0.241 e. The van der Waals surface area contributed by atoms with Crippen LogP contribution in [0.15, 0.2) is 48.8 Å². The molecule has 3 rings (SSSR count). The molecule has 0 radical (unpaired) electrons. The van der Waals surface area contributed by atoms with Gasteiger partial charge in [-0.05, 0) is 35.7 Å². The number of hydrazine groups is 1. The molecule has 1 saturated heterocycles. The quantitative estimate of drug-likeness (QED) is 0.736. The number of rotatable bonds is 8. The Morgan fingerprint density at radius 3 is 2.70 bits per heavy atom. The van der Waals surface area contributed by atoms with Crippen molar-refractivity contribution in [2.24, 2.45) is 0 Å². The van der Waals surface area contributed by atoms with Gasteiger partial charge in [-0.3, -0.25) is 9.78 Å². The number of carbonyl (C=O) groups is 1. The molecule has 1 aromatic heterocycles. The minimum absolute atomic E-state index is 0.0550. The molecule has 7 heteroatoms. The van der Waals surface area contributed by atoms with E-state index in [1.807, 2.05) is 41.3 Å². The molecule has 2 heterocycles. The summed E-state index contributed by atoms with van der Waals surface area (Å²) in [7, 11) is 3.29. The fourth-order valence-electron chi connectivity index (χ4n) is 3.17. The first-order chi connectivity index (χ1) is 13.2. The average molecular weight is 370 g/mol. The SMILES string of the molecule is COCCN(Cc1cccnc1)C(=O)C1CC(c2ccc(OC)cc2)NN1. The van der Waals surface area contributed by atoms with Crippen LogP contribution in [0.25, 0.3) is 0 Å². The molecule has 2 aromatic rings. The highest BCUT2D eigenvalue weighted by Crippen LogP contribution is 2.25. The summed E-state index contributed by atoms with van der Waals surface area (Å²) in [4.78, 5) is 19.0. The van der Waals surface area contributed by atoms with Crippen molar-refractivity contribution in [2.75, 3.05) is 27.4 Å². The first-order valence-electron chi connectivity index (χ1n) is 9.03. The summed E-state index contributed by atoms with van der Waals surface area (Å²) in [6.07, 6.45) is 4.20. The Labute approximate surface area is 159 Å². The van der Waals surface area contributed by atoms with Crippen LogP contribution < -0.4 is 15.6 Å². The molecular weight excluding hydrogens is 344 g/mol. The summed E-state index contributed by atoms with van der Waals surface area (Å²) >= 11 is 0. The third-order valence-corrected chi connectivity index (χ3v) is 4.69. The number of nitrogens with one attached hydrogen (secondary N) is 2. The van der Waals surface area contributed by atoms with Crippen LogP contribution in [0.2, 0.25) is 0 Å². The Bertz CT molecular complexity index is 724. The van der Waals surface area contributed by atoms with E-state index < -0.39 is 0 Å². The number of pyridine rings is 1. The predicted molar refractivity (Wildman–Crippen MR) is 102 cm³/mol. The van der Waals surface area contributed by atoms with Gasteiger partial charge in [-0.2, -0.15) is 0 Å². The number of hydrogen-bond acceptors (Lipinski definition) is 6. The number of carbonyl (C=O) groups excluding carboxylic acids is 1. The van der Waals surface area contributed by atoms with Crippen molar-refractivity contribution in [3.63, 3.8) is 0 Å². The number of methoxy groups -OCH3 is 2. The average Bonchev–Trinajstić information content (AvgIpc) is 3.21. The van der Waals surface area contributed by atoms with Gasteiger partial charge in [0.15, 0.2) is 0 Å². The molecule has 1 amide bonds. The molecule has 1 aliphatic rings.